The minimum absolute atomic E-state index is 0.0278. The summed E-state index contributed by atoms with van der Waals surface area (Å²) in [5, 5.41) is 56.7. The van der Waals surface area contributed by atoms with Crippen LogP contribution >= 0.6 is 0 Å². The molecule has 0 saturated carbocycles. The first kappa shape index (κ1) is 17.0. The van der Waals surface area contributed by atoms with Gasteiger partial charge in [-0.15, -0.1) is 0 Å². The molecule has 0 aromatic rings. The molecule has 0 radical (unpaired) electrons. The van der Waals surface area contributed by atoms with Crippen molar-refractivity contribution in [2.24, 2.45) is 0 Å². The smallest absolute Gasteiger partial charge is 0.163 e. The van der Waals surface area contributed by atoms with Gasteiger partial charge in [0.15, 0.2) is 12.6 Å². The van der Waals surface area contributed by atoms with Crippen LogP contribution in [0.2, 0.25) is 0 Å². The maximum absolute atomic E-state index is 9.68. The van der Waals surface area contributed by atoms with Gasteiger partial charge >= 0.3 is 0 Å². The van der Waals surface area contributed by atoms with Crippen molar-refractivity contribution in [2.45, 2.75) is 62.0 Å². The van der Waals surface area contributed by atoms with Gasteiger partial charge in [-0.25, -0.2) is 0 Å². The molecule has 2 rings (SSSR count). The molecular weight excluding hydrogens is 288 g/mol. The van der Waals surface area contributed by atoms with Gasteiger partial charge in [-0.1, -0.05) is 0 Å². The van der Waals surface area contributed by atoms with Gasteiger partial charge in [-0.3, -0.25) is 0 Å². The van der Waals surface area contributed by atoms with E-state index in [2.05, 4.69) is 0 Å². The summed E-state index contributed by atoms with van der Waals surface area (Å²) in [6, 6.07) is 0. The third-order valence-corrected chi connectivity index (χ3v) is 3.73. The Labute approximate surface area is 121 Å². The summed E-state index contributed by atoms with van der Waals surface area (Å²) in [5.41, 5.74) is 0. The molecular formula is C12H22O9. The molecule has 0 amide bonds. The lowest BCUT2D eigenvalue weighted by Crippen LogP contribution is -2.54. The summed E-state index contributed by atoms with van der Waals surface area (Å²) < 4.78 is 16.0. The van der Waals surface area contributed by atoms with Crippen LogP contribution in [0.15, 0.2) is 0 Å². The van der Waals surface area contributed by atoms with E-state index in [9.17, 15) is 20.4 Å². The summed E-state index contributed by atoms with van der Waals surface area (Å²) in [6.07, 6.45) is -8.54. The van der Waals surface area contributed by atoms with Gasteiger partial charge in [0.25, 0.3) is 0 Å². The van der Waals surface area contributed by atoms with Crippen molar-refractivity contribution < 1.29 is 44.8 Å². The van der Waals surface area contributed by atoms with Crippen LogP contribution in [-0.2, 0) is 14.2 Å². The maximum atomic E-state index is 9.68. The molecule has 0 aromatic carbocycles. The predicted octanol–water partition coefficient (Wildman–Crippen LogP) is -3.34. The standard InChI is InChI=1S/C12H22O9/c13-3-7-11(17)5(15)1-9(19-7)21-10-2-6(16)12(18)8(4-14)20-10/h5-18H,1-4H2/t5-,6-,7-,8-,9+,10+,11+,12+/m1/s1. The summed E-state index contributed by atoms with van der Waals surface area (Å²) in [7, 11) is 0. The van der Waals surface area contributed by atoms with Gasteiger partial charge in [0.05, 0.1) is 25.4 Å². The molecule has 9 nitrogen and oxygen atoms in total. The molecule has 21 heavy (non-hydrogen) atoms. The minimum Gasteiger partial charge on any atom is -0.394 e. The van der Waals surface area contributed by atoms with Gasteiger partial charge < -0.3 is 44.8 Å². The summed E-state index contributed by atoms with van der Waals surface area (Å²) in [4.78, 5) is 0. The topological polar surface area (TPSA) is 149 Å². The number of ether oxygens (including phenoxy) is 3. The first-order chi connectivity index (χ1) is 9.96. The first-order valence-corrected chi connectivity index (χ1v) is 6.86. The molecule has 2 heterocycles. The number of aliphatic hydroxyl groups is 6. The van der Waals surface area contributed by atoms with Crippen molar-refractivity contribution in [3.63, 3.8) is 0 Å². The Morgan fingerprint density at radius 1 is 0.762 bits per heavy atom. The minimum atomic E-state index is -1.21. The van der Waals surface area contributed by atoms with Crippen LogP contribution in [0.4, 0.5) is 0 Å². The van der Waals surface area contributed by atoms with Crippen LogP contribution < -0.4 is 0 Å². The third-order valence-electron chi connectivity index (χ3n) is 3.73. The average Bonchev–Trinajstić information content (AvgIpc) is 2.46. The molecule has 0 unspecified atom stereocenters. The van der Waals surface area contributed by atoms with E-state index in [1.165, 1.54) is 0 Å². The van der Waals surface area contributed by atoms with E-state index in [1.54, 1.807) is 0 Å². The average molecular weight is 310 g/mol. The van der Waals surface area contributed by atoms with Crippen LogP contribution in [-0.4, -0.2) is 93.1 Å². The fraction of sp³-hybridized carbons (Fsp3) is 1.00. The highest BCUT2D eigenvalue weighted by atomic mass is 16.8. The molecule has 2 saturated heterocycles. The molecule has 0 aliphatic carbocycles. The molecule has 0 bridgehead atoms. The van der Waals surface area contributed by atoms with E-state index >= 15 is 0 Å². The van der Waals surface area contributed by atoms with Crippen molar-refractivity contribution in [2.75, 3.05) is 13.2 Å². The van der Waals surface area contributed by atoms with Crippen molar-refractivity contribution >= 4 is 0 Å². The molecule has 124 valence electrons. The number of hydrogen-bond acceptors (Lipinski definition) is 9. The van der Waals surface area contributed by atoms with E-state index in [1.807, 2.05) is 0 Å². The molecule has 6 N–H and O–H groups in total. The van der Waals surface area contributed by atoms with Crippen LogP contribution in [0, 0.1) is 0 Å². The zero-order valence-electron chi connectivity index (χ0n) is 11.4. The highest BCUT2D eigenvalue weighted by Gasteiger charge is 2.41. The maximum Gasteiger partial charge on any atom is 0.163 e. The Bertz CT molecular complexity index is 298. The van der Waals surface area contributed by atoms with Crippen LogP contribution in [0.5, 0.6) is 0 Å². The van der Waals surface area contributed by atoms with Crippen molar-refractivity contribution in [1.82, 2.24) is 0 Å². The molecule has 0 spiro atoms. The first-order valence-electron chi connectivity index (χ1n) is 6.86. The van der Waals surface area contributed by atoms with Crippen molar-refractivity contribution in [3.05, 3.63) is 0 Å². The Hall–Kier alpha value is -0.360. The van der Waals surface area contributed by atoms with Crippen LogP contribution in [0.3, 0.4) is 0 Å². The fourth-order valence-corrected chi connectivity index (χ4v) is 2.48. The monoisotopic (exact) mass is 310 g/mol. The lowest BCUT2D eigenvalue weighted by molar-refractivity contribution is -0.333. The lowest BCUT2D eigenvalue weighted by Gasteiger charge is -2.40. The zero-order chi connectivity index (χ0) is 15.6. The zero-order valence-corrected chi connectivity index (χ0v) is 11.4. The summed E-state index contributed by atoms with van der Waals surface area (Å²) in [6.45, 7) is -0.964. The number of hydrogen-bond donors (Lipinski definition) is 6. The second-order valence-electron chi connectivity index (χ2n) is 5.30. The van der Waals surface area contributed by atoms with E-state index < -0.39 is 62.4 Å². The number of aliphatic hydroxyl groups excluding tert-OH is 6. The van der Waals surface area contributed by atoms with Crippen LogP contribution in [0.1, 0.15) is 12.8 Å². The molecule has 9 heteroatoms. The molecule has 2 aliphatic rings. The van der Waals surface area contributed by atoms with Gasteiger partial charge in [-0.2, -0.15) is 0 Å². The Kier molecular flexibility index (Phi) is 5.88. The largest absolute Gasteiger partial charge is 0.394 e. The Morgan fingerprint density at radius 3 is 1.48 bits per heavy atom. The number of rotatable bonds is 4. The molecule has 0 aromatic heterocycles. The quantitative estimate of drug-likeness (QED) is 0.313. The van der Waals surface area contributed by atoms with E-state index in [-0.39, 0.29) is 12.8 Å². The third kappa shape index (κ3) is 3.89. The molecule has 8 atom stereocenters. The fourth-order valence-electron chi connectivity index (χ4n) is 2.48. The molecule has 2 fully saturated rings. The van der Waals surface area contributed by atoms with Crippen molar-refractivity contribution in [3.8, 4) is 0 Å². The highest BCUT2D eigenvalue weighted by Crippen LogP contribution is 2.27. The molecule has 2 aliphatic heterocycles. The predicted molar refractivity (Wildman–Crippen MR) is 65.8 cm³/mol. The van der Waals surface area contributed by atoms with Gasteiger partial charge in [-0.05, 0) is 0 Å². The van der Waals surface area contributed by atoms with Crippen molar-refractivity contribution in [1.29, 1.82) is 0 Å². The van der Waals surface area contributed by atoms with Gasteiger partial charge in [0, 0.05) is 12.8 Å². The summed E-state index contributed by atoms with van der Waals surface area (Å²) in [5.74, 6) is 0. The Balaban J connectivity index is 1.92. The van der Waals surface area contributed by atoms with Gasteiger partial charge in [0.1, 0.15) is 24.4 Å². The Morgan fingerprint density at radius 2 is 1.14 bits per heavy atom. The highest BCUT2D eigenvalue weighted by molar-refractivity contribution is 4.85. The van der Waals surface area contributed by atoms with E-state index in [0.717, 1.165) is 0 Å². The van der Waals surface area contributed by atoms with Gasteiger partial charge in [0.2, 0.25) is 0 Å². The summed E-state index contributed by atoms with van der Waals surface area (Å²) >= 11 is 0. The SMILES string of the molecule is OC[C@H]1O[C@@H](O[C@H]2C[C@@H](O)[C@H](O)[C@@H](CO)O2)C[C@@H](O)[C@@H]1O. The normalized spacial score (nSPS) is 48.3. The van der Waals surface area contributed by atoms with E-state index in [0.29, 0.717) is 0 Å². The lowest BCUT2D eigenvalue weighted by atomic mass is 10.0. The van der Waals surface area contributed by atoms with Crippen LogP contribution in [0.25, 0.3) is 0 Å². The van der Waals surface area contributed by atoms with E-state index in [4.69, 9.17) is 24.4 Å². The second-order valence-corrected chi connectivity index (χ2v) is 5.30. The second kappa shape index (κ2) is 7.27.